The van der Waals surface area contributed by atoms with E-state index in [1.165, 1.54) is 0 Å². The Balaban J connectivity index is 2.17. The van der Waals surface area contributed by atoms with E-state index in [0.717, 1.165) is 40.8 Å². The zero-order valence-corrected chi connectivity index (χ0v) is 19.5. The third kappa shape index (κ3) is 7.48. The summed E-state index contributed by atoms with van der Waals surface area (Å²) in [4.78, 5) is 0. The van der Waals surface area contributed by atoms with Crippen molar-refractivity contribution >= 4 is 5.76 Å². The molecule has 2 rings (SSSR count). The molecule has 0 amide bonds. The topological polar surface area (TPSA) is 47.9 Å². The molecule has 4 nitrogen and oxygen atoms in total. The highest BCUT2D eigenvalue weighted by atomic mass is 16.5. The fourth-order valence-corrected chi connectivity index (χ4v) is 3.32. The Bertz CT molecular complexity index is 865. The Morgan fingerprint density at radius 1 is 0.968 bits per heavy atom. The third-order valence-corrected chi connectivity index (χ3v) is 4.98. The summed E-state index contributed by atoms with van der Waals surface area (Å²) < 4.78 is 17.1. The van der Waals surface area contributed by atoms with Gasteiger partial charge in [0.25, 0.3) is 0 Å². The quantitative estimate of drug-likeness (QED) is 0.292. The number of hydrogen-bond donors (Lipinski definition) is 1. The molecule has 0 aliphatic carbocycles. The zero-order chi connectivity index (χ0) is 22.6. The lowest BCUT2D eigenvalue weighted by Gasteiger charge is -2.17. The smallest absolute Gasteiger partial charge is 0.126 e. The number of aliphatic hydroxyl groups is 1. The number of rotatable bonds is 12. The van der Waals surface area contributed by atoms with Crippen LogP contribution in [0.5, 0.6) is 5.75 Å². The minimum atomic E-state index is 0.0518. The highest BCUT2D eigenvalue weighted by Gasteiger charge is 2.10. The van der Waals surface area contributed by atoms with Crippen LogP contribution < -0.4 is 4.74 Å². The molecular formula is C27H36O4. The maximum absolute atomic E-state index is 10.8. The van der Waals surface area contributed by atoms with Gasteiger partial charge >= 0.3 is 0 Å². The number of aryl methyl sites for hydroxylation is 1. The van der Waals surface area contributed by atoms with Crippen LogP contribution in [0.2, 0.25) is 0 Å². The fraction of sp³-hybridized carbons (Fsp3) is 0.407. The van der Waals surface area contributed by atoms with E-state index in [9.17, 15) is 5.11 Å². The molecule has 0 aromatic heterocycles. The van der Waals surface area contributed by atoms with Crippen molar-refractivity contribution in [3.05, 3.63) is 71.5 Å². The van der Waals surface area contributed by atoms with Crippen molar-refractivity contribution in [2.45, 2.75) is 53.6 Å². The molecule has 0 aliphatic rings. The van der Waals surface area contributed by atoms with Crippen molar-refractivity contribution in [1.29, 1.82) is 0 Å². The van der Waals surface area contributed by atoms with Crippen LogP contribution >= 0.6 is 0 Å². The van der Waals surface area contributed by atoms with Gasteiger partial charge in [0.2, 0.25) is 0 Å². The number of allylic oxidation sites excluding steroid dienone is 2. The second kappa shape index (κ2) is 12.9. The SMILES string of the molecule is CC/C=C(/C=C(/O)c1ccc(-c2ccc(OCC)cc2)cc1C)OCC(CC)OCC. The Morgan fingerprint density at radius 2 is 1.68 bits per heavy atom. The number of benzene rings is 2. The average Bonchev–Trinajstić information content (AvgIpc) is 2.77. The maximum Gasteiger partial charge on any atom is 0.126 e. The Morgan fingerprint density at radius 3 is 2.26 bits per heavy atom. The summed E-state index contributed by atoms with van der Waals surface area (Å²) >= 11 is 0. The van der Waals surface area contributed by atoms with E-state index < -0.39 is 0 Å². The normalized spacial score (nSPS) is 13.2. The first-order valence-corrected chi connectivity index (χ1v) is 11.2. The standard InChI is InChI=1S/C27H36O4/c1-6-10-25(31-19-23(7-2)29-8-3)18-27(28)26-16-13-22(17-20(26)5)21-11-14-24(15-12-21)30-9-4/h10-18,23,28H,6-9,19H2,1-5H3/b25-10-,27-18+. The van der Waals surface area contributed by atoms with Gasteiger partial charge < -0.3 is 19.3 Å². The summed E-state index contributed by atoms with van der Waals surface area (Å²) in [6.07, 6.45) is 5.42. The summed E-state index contributed by atoms with van der Waals surface area (Å²) in [5, 5.41) is 10.8. The summed E-state index contributed by atoms with van der Waals surface area (Å²) in [5.41, 5.74) is 3.99. The molecule has 0 radical (unpaired) electrons. The van der Waals surface area contributed by atoms with Crippen molar-refractivity contribution in [3.8, 4) is 16.9 Å². The van der Waals surface area contributed by atoms with E-state index in [1.54, 1.807) is 6.08 Å². The van der Waals surface area contributed by atoms with Crippen LogP contribution in [0.25, 0.3) is 16.9 Å². The first-order valence-electron chi connectivity index (χ1n) is 11.2. The van der Waals surface area contributed by atoms with Crippen LogP contribution in [0.1, 0.15) is 51.7 Å². The third-order valence-electron chi connectivity index (χ3n) is 4.98. The summed E-state index contributed by atoms with van der Waals surface area (Å²) in [6.45, 7) is 11.9. The van der Waals surface area contributed by atoms with Crippen LogP contribution in [0.15, 0.2) is 60.4 Å². The fourth-order valence-electron chi connectivity index (χ4n) is 3.32. The van der Waals surface area contributed by atoms with Crippen molar-refractivity contribution in [1.82, 2.24) is 0 Å². The predicted molar refractivity (Wildman–Crippen MR) is 128 cm³/mol. The molecule has 2 aromatic rings. The number of ether oxygens (including phenoxy) is 3. The summed E-state index contributed by atoms with van der Waals surface area (Å²) in [7, 11) is 0. The van der Waals surface area contributed by atoms with E-state index in [2.05, 4.69) is 13.0 Å². The monoisotopic (exact) mass is 424 g/mol. The van der Waals surface area contributed by atoms with Crippen LogP contribution in [0.4, 0.5) is 0 Å². The lowest BCUT2D eigenvalue weighted by Crippen LogP contribution is -2.18. The van der Waals surface area contributed by atoms with Gasteiger partial charge in [-0.3, -0.25) is 0 Å². The molecule has 0 saturated carbocycles. The molecule has 1 atom stereocenters. The van der Waals surface area contributed by atoms with Gasteiger partial charge in [0.15, 0.2) is 0 Å². The predicted octanol–water partition coefficient (Wildman–Crippen LogP) is 7.09. The van der Waals surface area contributed by atoms with Crippen LogP contribution in [0, 0.1) is 6.92 Å². The van der Waals surface area contributed by atoms with Gasteiger partial charge in [-0.1, -0.05) is 44.2 Å². The first kappa shape index (κ1) is 24.5. The molecule has 0 aliphatic heterocycles. The number of hydrogen-bond acceptors (Lipinski definition) is 4. The van der Waals surface area contributed by atoms with Crippen LogP contribution in [0.3, 0.4) is 0 Å². The van der Waals surface area contributed by atoms with E-state index >= 15 is 0 Å². The Kier molecular flexibility index (Phi) is 10.2. The second-order valence-electron chi connectivity index (χ2n) is 7.33. The minimum Gasteiger partial charge on any atom is -0.507 e. The van der Waals surface area contributed by atoms with E-state index in [1.807, 2.05) is 70.2 Å². The molecule has 0 bridgehead atoms. The second-order valence-corrected chi connectivity index (χ2v) is 7.33. The maximum atomic E-state index is 10.8. The molecule has 2 aromatic carbocycles. The van der Waals surface area contributed by atoms with Crippen LogP contribution in [-0.4, -0.2) is 31.0 Å². The highest BCUT2D eigenvalue weighted by molar-refractivity contribution is 5.71. The van der Waals surface area contributed by atoms with Crippen molar-refractivity contribution in [2.75, 3.05) is 19.8 Å². The molecule has 168 valence electrons. The van der Waals surface area contributed by atoms with Gasteiger partial charge in [-0.25, -0.2) is 0 Å². The van der Waals surface area contributed by atoms with Gasteiger partial charge in [0.1, 0.15) is 23.9 Å². The average molecular weight is 425 g/mol. The van der Waals surface area contributed by atoms with E-state index in [4.69, 9.17) is 14.2 Å². The van der Waals surface area contributed by atoms with Gasteiger partial charge in [-0.2, -0.15) is 0 Å². The van der Waals surface area contributed by atoms with Gasteiger partial charge in [0, 0.05) is 18.2 Å². The molecule has 0 fully saturated rings. The molecule has 1 N–H and O–H groups in total. The summed E-state index contributed by atoms with van der Waals surface area (Å²) in [5.74, 6) is 1.72. The lowest BCUT2D eigenvalue weighted by atomic mass is 9.98. The Hall–Kier alpha value is -2.72. The van der Waals surface area contributed by atoms with Crippen molar-refractivity contribution in [3.63, 3.8) is 0 Å². The molecule has 0 spiro atoms. The molecule has 4 heteroatoms. The molecular weight excluding hydrogens is 388 g/mol. The highest BCUT2D eigenvalue weighted by Crippen LogP contribution is 2.27. The van der Waals surface area contributed by atoms with Gasteiger partial charge in [0.05, 0.1) is 12.7 Å². The lowest BCUT2D eigenvalue weighted by molar-refractivity contribution is 0.00841. The van der Waals surface area contributed by atoms with Crippen LogP contribution in [-0.2, 0) is 9.47 Å². The van der Waals surface area contributed by atoms with Crippen molar-refractivity contribution < 1.29 is 19.3 Å². The van der Waals surface area contributed by atoms with E-state index in [0.29, 0.717) is 25.6 Å². The zero-order valence-electron chi connectivity index (χ0n) is 19.5. The van der Waals surface area contributed by atoms with Gasteiger partial charge in [-0.05, 0) is 68.5 Å². The van der Waals surface area contributed by atoms with E-state index in [-0.39, 0.29) is 11.9 Å². The largest absolute Gasteiger partial charge is 0.507 e. The molecule has 0 heterocycles. The van der Waals surface area contributed by atoms with Crippen molar-refractivity contribution in [2.24, 2.45) is 0 Å². The molecule has 0 saturated heterocycles. The minimum absolute atomic E-state index is 0.0518. The first-order chi connectivity index (χ1) is 15.0. The molecule has 1 unspecified atom stereocenters. The van der Waals surface area contributed by atoms with Gasteiger partial charge in [-0.15, -0.1) is 0 Å². The number of aliphatic hydroxyl groups excluding tert-OH is 1. The summed E-state index contributed by atoms with van der Waals surface area (Å²) in [6, 6.07) is 14.1. The Labute approximate surface area is 187 Å². The molecule has 31 heavy (non-hydrogen) atoms.